The molecular formula is C19H22N6O2. The van der Waals surface area contributed by atoms with Gasteiger partial charge in [-0.1, -0.05) is 12.1 Å². The molecule has 1 amide bonds. The highest BCUT2D eigenvalue weighted by molar-refractivity contribution is 5.97. The van der Waals surface area contributed by atoms with E-state index in [2.05, 4.69) is 9.97 Å². The van der Waals surface area contributed by atoms with Gasteiger partial charge in [-0.3, -0.25) is 4.79 Å². The van der Waals surface area contributed by atoms with E-state index >= 15 is 0 Å². The quantitative estimate of drug-likeness (QED) is 0.733. The van der Waals surface area contributed by atoms with Gasteiger partial charge in [0.05, 0.1) is 24.9 Å². The average molecular weight is 366 g/mol. The van der Waals surface area contributed by atoms with Crippen LogP contribution in [0.4, 0.5) is 0 Å². The summed E-state index contributed by atoms with van der Waals surface area (Å²) in [5.74, 6) is 0.697. The van der Waals surface area contributed by atoms with Crippen LogP contribution in [0.15, 0.2) is 36.7 Å². The molecule has 2 aromatic heterocycles. The maximum absolute atomic E-state index is 13.0. The number of rotatable bonds is 5. The monoisotopic (exact) mass is 366 g/mol. The van der Waals surface area contributed by atoms with Crippen LogP contribution in [-0.4, -0.2) is 57.3 Å². The number of carbonyl (C=O) groups excluding carboxylic acids is 1. The van der Waals surface area contributed by atoms with Gasteiger partial charge in [0.2, 0.25) is 0 Å². The van der Waals surface area contributed by atoms with Crippen LogP contribution >= 0.6 is 0 Å². The number of ether oxygens (including phenoxy) is 1. The molecule has 0 bridgehead atoms. The molecule has 0 unspecified atom stereocenters. The topological polar surface area (TPSA) is 99.2 Å². The third kappa shape index (κ3) is 3.12. The second-order valence-electron chi connectivity index (χ2n) is 6.56. The Bertz CT molecular complexity index is 970. The Kier molecular flexibility index (Phi) is 4.72. The molecule has 4 rings (SSSR count). The van der Waals surface area contributed by atoms with Crippen molar-refractivity contribution in [2.24, 2.45) is 5.73 Å². The zero-order chi connectivity index (χ0) is 18.8. The Labute approximate surface area is 157 Å². The fraction of sp³-hybridized carbons (Fsp3) is 0.368. The van der Waals surface area contributed by atoms with Crippen LogP contribution in [0.2, 0.25) is 0 Å². The maximum Gasteiger partial charge on any atom is 0.257 e. The molecule has 0 saturated carbocycles. The summed E-state index contributed by atoms with van der Waals surface area (Å²) in [6.45, 7) is 2.34. The summed E-state index contributed by atoms with van der Waals surface area (Å²) in [6, 6.07) is 7.31. The molecule has 1 aromatic carbocycles. The summed E-state index contributed by atoms with van der Waals surface area (Å²) in [5.41, 5.74) is 8.70. The van der Waals surface area contributed by atoms with E-state index in [4.69, 9.17) is 15.6 Å². The fourth-order valence-electron chi connectivity index (χ4n) is 3.64. The Hall–Kier alpha value is -3.00. The van der Waals surface area contributed by atoms with Crippen molar-refractivity contribution in [2.75, 3.05) is 26.7 Å². The molecule has 2 N–H and O–H groups in total. The van der Waals surface area contributed by atoms with Crippen LogP contribution < -0.4 is 10.5 Å². The van der Waals surface area contributed by atoms with Crippen LogP contribution in [0, 0.1) is 0 Å². The van der Waals surface area contributed by atoms with Gasteiger partial charge in [-0.2, -0.15) is 5.10 Å². The second-order valence-corrected chi connectivity index (χ2v) is 6.56. The predicted octanol–water partition coefficient (Wildman–Crippen LogP) is 1.42. The second kappa shape index (κ2) is 7.32. The lowest BCUT2D eigenvalue weighted by Gasteiger charge is -2.17. The highest BCUT2D eigenvalue weighted by atomic mass is 16.5. The molecule has 1 atom stereocenters. The molecule has 1 aliphatic heterocycles. The number of fused-ring (bicyclic) bond motifs is 1. The number of hydrogen-bond donors (Lipinski definition) is 1. The number of benzene rings is 1. The van der Waals surface area contributed by atoms with E-state index in [1.807, 2.05) is 21.7 Å². The lowest BCUT2D eigenvalue weighted by molar-refractivity contribution is 0.0787. The van der Waals surface area contributed by atoms with Crippen molar-refractivity contribution in [2.45, 2.75) is 18.9 Å². The standard InChI is InChI=1S/C19H22N6O2/c1-27-15-5-3-2-4-14(15)19(26)24-10-6-13(12-24)16-17-18(22-9-8-21-17)25(23-16)11-7-20/h2-5,8-9,13H,6-7,10-12,20H2,1H3/t13-/m1/s1. The van der Waals surface area contributed by atoms with Crippen molar-refractivity contribution in [1.29, 1.82) is 0 Å². The molecule has 27 heavy (non-hydrogen) atoms. The average Bonchev–Trinajstić information content (AvgIpc) is 3.33. The molecule has 1 aliphatic rings. The van der Waals surface area contributed by atoms with Gasteiger partial charge in [0.25, 0.3) is 5.91 Å². The number of methoxy groups -OCH3 is 1. The minimum atomic E-state index is -0.0215. The smallest absolute Gasteiger partial charge is 0.257 e. The Morgan fingerprint density at radius 3 is 2.93 bits per heavy atom. The van der Waals surface area contributed by atoms with Gasteiger partial charge in [0.15, 0.2) is 5.65 Å². The minimum absolute atomic E-state index is 0.0215. The molecular weight excluding hydrogens is 344 g/mol. The molecule has 1 fully saturated rings. The van der Waals surface area contributed by atoms with Crippen molar-refractivity contribution in [3.05, 3.63) is 47.9 Å². The first kappa shape index (κ1) is 17.4. The van der Waals surface area contributed by atoms with E-state index in [1.165, 1.54) is 0 Å². The molecule has 8 heteroatoms. The normalized spacial score (nSPS) is 16.8. The van der Waals surface area contributed by atoms with E-state index in [-0.39, 0.29) is 11.8 Å². The molecule has 3 aromatic rings. The Morgan fingerprint density at radius 2 is 2.11 bits per heavy atom. The highest BCUT2D eigenvalue weighted by Gasteiger charge is 2.32. The minimum Gasteiger partial charge on any atom is -0.496 e. The van der Waals surface area contributed by atoms with Gasteiger partial charge in [-0.15, -0.1) is 0 Å². The number of amides is 1. The van der Waals surface area contributed by atoms with Crippen molar-refractivity contribution >= 4 is 17.1 Å². The van der Waals surface area contributed by atoms with Gasteiger partial charge in [-0.05, 0) is 18.6 Å². The lowest BCUT2D eigenvalue weighted by Crippen LogP contribution is -2.28. The van der Waals surface area contributed by atoms with E-state index in [1.54, 1.807) is 31.6 Å². The first-order valence-electron chi connectivity index (χ1n) is 9.02. The summed E-state index contributed by atoms with van der Waals surface area (Å²) in [7, 11) is 1.58. The molecule has 1 saturated heterocycles. The molecule has 0 spiro atoms. The van der Waals surface area contributed by atoms with Crippen molar-refractivity contribution in [3.63, 3.8) is 0 Å². The first-order valence-corrected chi connectivity index (χ1v) is 9.02. The summed E-state index contributed by atoms with van der Waals surface area (Å²) in [5, 5.41) is 4.71. The summed E-state index contributed by atoms with van der Waals surface area (Å²) in [6.07, 6.45) is 4.17. The molecule has 140 valence electrons. The Balaban J connectivity index is 1.60. The van der Waals surface area contributed by atoms with Gasteiger partial charge in [0.1, 0.15) is 11.3 Å². The number of likely N-dealkylation sites (tertiary alicyclic amines) is 1. The van der Waals surface area contributed by atoms with Gasteiger partial charge in [0, 0.05) is 37.9 Å². The van der Waals surface area contributed by atoms with E-state index in [9.17, 15) is 4.79 Å². The SMILES string of the molecule is COc1ccccc1C(=O)N1CC[C@@H](c2nn(CCN)c3nccnc23)C1. The van der Waals surface area contributed by atoms with E-state index < -0.39 is 0 Å². The number of aromatic nitrogens is 4. The van der Waals surface area contributed by atoms with Crippen LogP contribution in [0.3, 0.4) is 0 Å². The van der Waals surface area contributed by atoms with Crippen LogP contribution in [0.5, 0.6) is 5.75 Å². The van der Waals surface area contributed by atoms with Gasteiger partial charge < -0.3 is 15.4 Å². The predicted molar refractivity (Wildman–Crippen MR) is 101 cm³/mol. The zero-order valence-corrected chi connectivity index (χ0v) is 15.2. The van der Waals surface area contributed by atoms with Gasteiger partial charge >= 0.3 is 0 Å². The summed E-state index contributed by atoms with van der Waals surface area (Å²) >= 11 is 0. The highest BCUT2D eigenvalue weighted by Crippen LogP contribution is 2.32. The lowest BCUT2D eigenvalue weighted by atomic mass is 10.0. The summed E-state index contributed by atoms with van der Waals surface area (Å²) < 4.78 is 7.14. The molecule has 0 aliphatic carbocycles. The third-order valence-corrected chi connectivity index (χ3v) is 4.93. The maximum atomic E-state index is 13.0. The number of nitrogens with zero attached hydrogens (tertiary/aromatic N) is 5. The summed E-state index contributed by atoms with van der Waals surface area (Å²) in [4.78, 5) is 23.7. The molecule has 0 radical (unpaired) electrons. The van der Waals surface area contributed by atoms with Crippen molar-refractivity contribution in [3.8, 4) is 5.75 Å². The van der Waals surface area contributed by atoms with Crippen LogP contribution in [-0.2, 0) is 6.54 Å². The van der Waals surface area contributed by atoms with Crippen molar-refractivity contribution in [1.82, 2.24) is 24.6 Å². The van der Waals surface area contributed by atoms with Crippen LogP contribution in [0.25, 0.3) is 11.2 Å². The zero-order valence-electron chi connectivity index (χ0n) is 15.2. The van der Waals surface area contributed by atoms with Gasteiger partial charge in [-0.25, -0.2) is 14.6 Å². The van der Waals surface area contributed by atoms with Crippen LogP contribution in [0.1, 0.15) is 28.4 Å². The van der Waals surface area contributed by atoms with E-state index in [0.717, 1.165) is 23.3 Å². The number of carbonyl (C=O) groups is 1. The number of nitrogens with two attached hydrogens (primary N) is 1. The first-order chi connectivity index (χ1) is 13.2. The third-order valence-electron chi connectivity index (χ3n) is 4.93. The molecule has 3 heterocycles. The number of para-hydroxylation sites is 1. The fourth-order valence-corrected chi connectivity index (χ4v) is 3.64. The number of hydrogen-bond acceptors (Lipinski definition) is 6. The van der Waals surface area contributed by atoms with E-state index in [0.29, 0.717) is 37.5 Å². The Morgan fingerprint density at radius 1 is 1.30 bits per heavy atom. The largest absolute Gasteiger partial charge is 0.496 e. The van der Waals surface area contributed by atoms with Crippen molar-refractivity contribution < 1.29 is 9.53 Å². The molecule has 8 nitrogen and oxygen atoms in total.